The second-order valence-electron chi connectivity index (χ2n) is 16.8. The molecule has 0 aliphatic carbocycles. The average molecular weight is 814 g/mol. The highest BCUT2D eigenvalue weighted by atomic mass is 16.5. The highest BCUT2D eigenvalue weighted by Crippen LogP contribution is 2.14. The molecule has 0 radical (unpaired) electrons. The van der Waals surface area contributed by atoms with Gasteiger partial charge in [0.05, 0.1) is 25.4 Å². The van der Waals surface area contributed by atoms with Gasteiger partial charge in [0.2, 0.25) is 5.91 Å². The Morgan fingerprint density at radius 2 is 0.879 bits per heavy atom. The lowest BCUT2D eigenvalue weighted by molar-refractivity contribution is -0.143. The third-order valence-electron chi connectivity index (χ3n) is 11.1. The van der Waals surface area contributed by atoms with E-state index in [4.69, 9.17) is 4.74 Å². The molecule has 0 bridgehead atoms. The molecule has 0 spiro atoms. The number of amides is 1. The van der Waals surface area contributed by atoms with Gasteiger partial charge in [-0.15, -0.1) is 0 Å². The molecule has 2 unspecified atom stereocenters. The van der Waals surface area contributed by atoms with Crippen molar-refractivity contribution in [2.24, 2.45) is 0 Å². The number of ether oxygens (including phenoxy) is 1. The molecule has 6 nitrogen and oxygen atoms in total. The highest BCUT2D eigenvalue weighted by molar-refractivity contribution is 5.76. The Kier molecular flexibility index (Phi) is 45.7. The van der Waals surface area contributed by atoms with Gasteiger partial charge >= 0.3 is 5.97 Å². The number of nitrogens with one attached hydrogen (secondary N) is 1. The second-order valence-corrected chi connectivity index (χ2v) is 16.8. The summed E-state index contributed by atoms with van der Waals surface area (Å²) >= 11 is 0. The van der Waals surface area contributed by atoms with Gasteiger partial charge in [-0.05, 0) is 83.5 Å². The third-order valence-corrected chi connectivity index (χ3v) is 11.1. The van der Waals surface area contributed by atoms with E-state index in [1.54, 1.807) is 6.08 Å². The van der Waals surface area contributed by atoms with Crippen LogP contribution in [0.1, 0.15) is 245 Å². The Morgan fingerprint density at radius 3 is 1.38 bits per heavy atom. The largest absolute Gasteiger partial charge is 0.466 e. The first kappa shape index (κ1) is 55.8. The van der Waals surface area contributed by atoms with Gasteiger partial charge in [0, 0.05) is 12.8 Å². The molecule has 0 aliphatic rings. The van der Waals surface area contributed by atoms with Crippen molar-refractivity contribution in [3.8, 4) is 0 Å². The number of aliphatic hydroxyl groups excluding tert-OH is 2. The third kappa shape index (κ3) is 43.4. The molecule has 6 heteroatoms. The first-order valence-corrected chi connectivity index (χ1v) is 24.9. The first-order valence-electron chi connectivity index (χ1n) is 24.9. The molecule has 0 aliphatic heterocycles. The fraction of sp³-hybridized carbons (Fsp3) is 0.808. The number of unbranched alkanes of at least 4 members (excludes halogenated alkanes) is 28. The summed E-state index contributed by atoms with van der Waals surface area (Å²) in [4.78, 5) is 24.4. The number of carbonyl (C=O) groups is 2. The number of aliphatic hydroxyl groups is 2. The van der Waals surface area contributed by atoms with E-state index >= 15 is 0 Å². The lowest BCUT2D eigenvalue weighted by Crippen LogP contribution is -2.45. The van der Waals surface area contributed by atoms with Gasteiger partial charge in [0.15, 0.2) is 0 Å². The van der Waals surface area contributed by atoms with E-state index in [2.05, 4.69) is 55.6 Å². The molecule has 58 heavy (non-hydrogen) atoms. The highest BCUT2D eigenvalue weighted by Gasteiger charge is 2.18. The molecule has 0 rings (SSSR count). The van der Waals surface area contributed by atoms with Crippen molar-refractivity contribution in [3.63, 3.8) is 0 Å². The molecule has 1 amide bonds. The van der Waals surface area contributed by atoms with Crippen LogP contribution in [0.25, 0.3) is 0 Å². The van der Waals surface area contributed by atoms with Crippen molar-refractivity contribution in [2.45, 2.75) is 257 Å². The minimum atomic E-state index is -0.851. The summed E-state index contributed by atoms with van der Waals surface area (Å²) < 4.78 is 5.45. The topological polar surface area (TPSA) is 95.9 Å². The lowest BCUT2D eigenvalue weighted by Gasteiger charge is -2.20. The van der Waals surface area contributed by atoms with E-state index in [1.165, 1.54) is 154 Å². The van der Waals surface area contributed by atoms with Crippen LogP contribution in [0.15, 0.2) is 48.6 Å². The summed E-state index contributed by atoms with van der Waals surface area (Å²) in [7, 11) is 0. The van der Waals surface area contributed by atoms with E-state index in [0.717, 1.165) is 64.2 Å². The van der Waals surface area contributed by atoms with Crippen LogP contribution in [0, 0.1) is 0 Å². The predicted molar refractivity (Wildman–Crippen MR) is 250 cm³/mol. The normalized spacial score (nSPS) is 13.1. The van der Waals surface area contributed by atoms with Crippen LogP contribution in [0.3, 0.4) is 0 Å². The summed E-state index contributed by atoms with van der Waals surface area (Å²) in [6.07, 6.45) is 58.2. The maximum Gasteiger partial charge on any atom is 0.305 e. The molecule has 3 N–H and O–H groups in total. The van der Waals surface area contributed by atoms with Crippen LogP contribution >= 0.6 is 0 Å². The second kappa shape index (κ2) is 47.5. The Labute approximate surface area is 359 Å². The average Bonchev–Trinajstić information content (AvgIpc) is 3.22. The summed E-state index contributed by atoms with van der Waals surface area (Å²) in [6, 6.07) is -0.636. The number of hydrogen-bond donors (Lipinski definition) is 3. The molecule has 0 saturated heterocycles. The van der Waals surface area contributed by atoms with E-state index in [1.807, 2.05) is 6.08 Å². The lowest BCUT2D eigenvalue weighted by atomic mass is 10.1. The number of rotatable bonds is 45. The van der Waals surface area contributed by atoms with Crippen LogP contribution < -0.4 is 5.32 Å². The summed E-state index contributed by atoms with van der Waals surface area (Å²) in [5, 5.41) is 22.9. The van der Waals surface area contributed by atoms with Gasteiger partial charge in [0.1, 0.15) is 0 Å². The van der Waals surface area contributed by atoms with Gasteiger partial charge in [-0.3, -0.25) is 9.59 Å². The Morgan fingerprint density at radius 1 is 0.483 bits per heavy atom. The molecule has 0 aromatic carbocycles. The summed E-state index contributed by atoms with van der Waals surface area (Å²) in [6.45, 7) is 4.80. The van der Waals surface area contributed by atoms with Crippen molar-refractivity contribution >= 4 is 11.9 Å². The number of esters is 1. The van der Waals surface area contributed by atoms with Crippen LogP contribution in [-0.4, -0.2) is 47.4 Å². The van der Waals surface area contributed by atoms with Crippen molar-refractivity contribution in [2.75, 3.05) is 13.2 Å². The molecular formula is C52H95NO5. The van der Waals surface area contributed by atoms with E-state index in [0.29, 0.717) is 19.4 Å². The molecule has 338 valence electrons. The number of carbonyl (C=O) groups excluding carboxylic acids is 2. The molecule has 0 aromatic heterocycles. The van der Waals surface area contributed by atoms with Crippen molar-refractivity contribution in [1.82, 2.24) is 5.32 Å². The monoisotopic (exact) mass is 814 g/mol. The summed E-state index contributed by atoms with van der Waals surface area (Å²) in [5.41, 5.74) is 0. The van der Waals surface area contributed by atoms with Crippen LogP contribution in [0.5, 0.6) is 0 Å². The van der Waals surface area contributed by atoms with Crippen molar-refractivity contribution in [1.29, 1.82) is 0 Å². The number of allylic oxidation sites excluding steroid dienone is 7. The van der Waals surface area contributed by atoms with Gasteiger partial charge in [-0.1, -0.05) is 197 Å². The van der Waals surface area contributed by atoms with Crippen LogP contribution in [-0.2, 0) is 14.3 Å². The zero-order chi connectivity index (χ0) is 42.3. The van der Waals surface area contributed by atoms with E-state index in [9.17, 15) is 19.8 Å². The Hall–Kier alpha value is -2.18. The molecule has 0 aromatic rings. The molecule has 0 heterocycles. The van der Waals surface area contributed by atoms with Crippen molar-refractivity contribution < 1.29 is 24.5 Å². The minimum absolute atomic E-state index is 0.0187. The zero-order valence-corrected chi connectivity index (χ0v) is 38.3. The maximum atomic E-state index is 12.4. The Balaban J connectivity index is 3.49. The maximum absolute atomic E-state index is 12.4. The summed E-state index contributed by atoms with van der Waals surface area (Å²) in [5.74, 6) is -0.103. The van der Waals surface area contributed by atoms with Gasteiger partial charge in [-0.25, -0.2) is 0 Å². The Bertz CT molecular complexity index is 988. The molecule has 2 atom stereocenters. The quantitative estimate of drug-likeness (QED) is 0.0323. The first-order chi connectivity index (χ1) is 28.5. The molecular weight excluding hydrogens is 719 g/mol. The van der Waals surface area contributed by atoms with Gasteiger partial charge < -0.3 is 20.3 Å². The predicted octanol–water partition coefficient (Wildman–Crippen LogP) is 14.7. The fourth-order valence-corrected chi connectivity index (χ4v) is 7.17. The van der Waals surface area contributed by atoms with E-state index < -0.39 is 12.1 Å². The SMILES string of the molecule is CCCC/C=C\C/C=C\CCCCCCCC(=O)OCCCCCCCC/C=C\CCCCCCCCCC(=O)NC(CO)C(O)/C=C/CCCCCCCCCC. The smallest absolute Gasteiger partial charge is 0.305 e. The minimum Gasteiger partial charge on any atom is -0.466 e. The molecule has 0 saturated carbocycles. The van der Waals surface area contributed by atoms with Gasteiger partial charge in [0.25, 0.3) is 0 Å². The van der Waals surface area contributed by atoms with E-state index in [-0.39, 0.29) is 18.5 Å². The molecule has 0 fully saturated rings. The fourth-order valence-electron chi connectivity index (χ4n) is 7.17. The zero-order valence-electron chi connectivity index (χ0n) is 38.3. The van der Waals surface area contributed by atoms with Crippen LogP contribution in [0.4, 0.5) is 0 Å². The van der Waals surface area contributed by atoms with Crippen molar-refractivity contribution in [3.05, 3.63) is 48.6 Å². The standard InChI is InChI=1S/C52H95NO5/c1-3-5-7-9-11-13-15-16-23-26-30-34-38-42-46-52(57)58-47-43-39-35-31-27-24-21-19-17-18-20-22-25-29-33-37-41-45-51(56)53-49(48-54)50(55)44-40-36-32-28-14-12-10-8-6-4-2/h9,11,15-17,19,40,44,49-50,54-55H,3-8,10,12-14,18,20-39,41-43,45-48H2,1-2H3,(H,53,56)/b11-9-,16-15-,19-17-,44-40+. The number of hydrogen-bond acceptors (Lipinski definition) is 5. The van der Waals surface area contributed by atoms with Gasteiger partial charge in [-0.2, -0.15) is 0 Å². The van der Waals surface area contributed by atoms with Crippen LogP contribution in [0.2, 0.25) is 0 Å².